The van der Waals surface area contributed by atoms with Crippen LogP contribution < -0.4 is 0 Å². The van der Waals surface area contributed by atoms with Crippen LogP contribution in [-0.2, 0) is 0 Å². The zero-order valence-electron chi connectivity index (χ0n) is 12.7. The first-order valence-corrected chi connectivity index (χ1v) is 7.55. The topological polar surface area (TPSA) is 20.3 Å². The van der Waals surface area contributed by atoms with E-state index in [0.717, 1.165) is 22.6 Å². The molecule has 0 aromatic heterocycles. The lowest BCUT2D eigenvalue weighted by molar-refractivity contribution is 0.0957. The maximum Gasteiger partial charge on any atom is 0.182 e. The van der Waals surface area contributed by atoms with Gasteiger partial charge in [0.25, 0.3) is 0 Å². The van der Waals surface area contributed by atoms with E-state index >= 15 is 0 Å². The first kappa shape index (κ1) is 17.1. The molecule has 1 aliphatic rings. The van der Waals surface area contributed by atoms with E-state index in [0.29, 0.717) is 6.54 Å². The van der Waals surface area contributed by atoms with Gasteiger partial charge in [-0.2, -0.15) is 0 Å². The van der Waals surface area contributed by atoms with Crippen molar-refractivity contribution in [2.24, 2.45) is 0 Å². The van der Waals surface area contributed by atoms with Crippen molar-refractivity contribution >= 4 is 30.0 Å². The summed E-state index contributed by atoms with van der Waals surface area (Å²) in [5.74, 6) is 1.12. The Balaban J connectivity index is 0.00000200. The number of hydrogen-bond acceptors (Lipinski definition) is 3. The summed E-state index contributed by atoms with van der Waals surface area (Å²) in [5, 5.41) is 0. The van der Waals surface area contributed by atoms with Gasteiger partial charge in [-0.05, 0) is 45.7 Å². The minimum atomic E-state index is 0. The van der Waals surface area contributed by atoms with Crippen molar-refractivity contribution in [2.75, 3.05) is 12.4 Å². The van der Waals surface area contributed by atoms with Crippen LogP contribution in [0.3, 0.4) is 0 Å². The molecule has 0 N–H and O–H groups in total. The maximum absolute atomic E-state index is 12.5. The van der Waals surface area contributed by atoms with Crippen LogP contribution in [0.4, 0.5) is 0 Å². The third-order valence-corrected chi connectivity index (χ3v) is 4.88. The molecule has 0 bridgehead atoms. The van der Waals surface area contributed by atoms with E-state index in [4.69, 9.17) is 0 Å². The van der Waals surface area contributed by atoms with Gasteiger partial charge in [-0.15, -0.1) is 24.2 Å². The molecule has 110 valence electrons. The molecule has 20 heavy (non-hydrogen) atoms. The summed E-state index contributed by atoms with van der Waals surface area (Å²) in [4.78, 5) is 16.0. The Hall–Kier alpha value is -0.930. The molecule has 0 saturated carbocycles. The molecule has 0 amide bonds. The van der Waals surface area contributed by atoms with Gasteiger partial charge in [0.05, 0.1) is 12.4 Å². The van der Waals surface area contributed by atoms with Crippen molar-refractivity contribution in [3.63, 3.8) is 0 Å². The molecule has 0 fully saturated rings. The van der Waals surface area contributed by atoms with Crippen molar-refractivity contribution in [2.45, 2.75) is 34.6 Å². The molecule has 2 nitrogen and oxygen atoms in total. The fourth-order valence-electron chi connectivity index (χ4n) is 2.64. The lowest BCUT2D eigenvalue weighted by atomic mass is 9.96. The first-order chi connectivity index (χ1) is 8.90. The Morgan fingerprint density at radius 2 is 1.70 bits per heavy atom. The molecule has 1 aliphatic heterocycles. The fourth-order valence-corrected chi connectivity index (χ4v) is 3.61. The summed E-state index contributed by atoms with van der Waals surface area (Å²) in [6, 6.07) is 4.18. The van der Waals surface area contributed by atoms with Crippen LogP contribution in [0.15, 0.2) is 22.7 Å². The molecule has 1 heterocycles. The average molecular weight is 312 g/mol. The van der Waals surface area contributed by atoms with Gasteiger partial charge in [-0.3, -0.25) is 4.79 Å². The van der Waals surface area contributed by atoms with Gasteiger partial charge < -0.3 is 4.90 Å². The SMILES string of the molecule is CC1=C(C)N(CC(=O)c2c(C)cc(C)cc2C)CS1.Cl. The Morgan fingerprint density at radius 1 is 1.15 bits per heavy atom. The largest absolute Gasteiger partial charge is 0.357 e. The number of Topliss-reactive ketones (excluding diaryl/α,β-unsaturated/α-hetero) is 1. The zero-order chi connectivity index (χ0) is 14.2. The van der Waals surface area contributed by atoms with Crippen LogP contribution in [-0.4, -0.2) is 23.1 Å². The highest BCUT2D eigenvalue weighted by atomic mass is 35.5. The summed E-state index contributed by atoms with van der Waals surface area (Å²) in [6.45, 7) is 10.8. The van der Waals surface area contributed by atoms with Crippen LogP contribution >= 0.6 is 24.2 Å². The molecule has 4 heteroatoms. The zero-order valence-corrected chi connectivity index (χ0v) is 14.4. The van der Waals surface area contributed by atoms with E-state index in [1.54, 1.807) is 0 Å². The monoisotopic (exact) mass is 311 g/mol. The number of benzene rings is 1. The summed E-state index contributed by atoms with van der Waals surface area (Å²) >= 11 is 1.81. The Bertz CT molecular complexity index is 543. The predicted molar refractivity (Wildman–Crippen MR) is 89.8 cm³/mol. The molecule has 0 unspecified atom stereocenters. The molecule has 0 saturated heterocycles. The van der Waals surface area contributed by atoms with Crippen LogP contribution in [0.2, 0.25) is 0 Å². The minimum Gasteiger partial charge on any atom is -0.357 e. The number of aryl methyl sites for hydroxylation is 3. The van der Waals surface area contributed by atoms with Gasteiger partial charge in [0.1, 0.15) is 0 Å². The molecule has 0 atom stereocenters. The molecule has 0 aliphatic carbocycles. The highest BCUT2D eigenvalue weighted by Gasteiger charge is 2.21. The summed E-state index contributed by atoms with van der Waals surface area (Å²) in [6.07, 6.45) is 0. The molecule has 1 aromatic carbocycles. The van der Waals surface area contributed by atoms with Crippen molar-refractivity contribution in [1.29, 1.82) is 0 Å². The number of halogens is 1. The van der Waals surface area contributed by atoms with E-state index in [1.807, 2.05) is 25.6 Å². The van der Waals surface area contributed by atoms with Crippen LogP contribution in [0.1, 0.15) is 40.9 Å². The summed E-state index contributed by atoms with van der Waals surface area (Å²) < 4.78 is 0. The second kappa shape index (κ2) is 6.68. The number of allylic oxidation sites excluding steroid dienone is 2. The fraction of sp³-hybridized carbons (Fsp3) is 0.438. The number of rotatable bonds is 3. The number of thioether (sulfide) groups is 1. The van der Waals surface area contributed by atoms with Crippen molar-refractivity contribution < 1.29 is 4.79 Å². The van der Waals surface area contributed by atoms with E-state index in [9.17, 15) is 4.79 Å². The molecule has 0 spiro atoms. The third kappa shape index (κ3) is 3.39. The highest BCUT2D eigenvalue weighted by molar-refractivity contribution is 8.03. The number of nitrogens with zero attached hydrogens (tertiary/aromatic N) is 1. The van der Waals surface area contributed by atoms with Gasteiger partial charge in [0, 0.05) is 16.2 Å². The standard InChI is InChI=1S/C16H21NOS.ClH/c1-10-6-11(2)16(12(3)7-10)15(18)8-17-9-19-14(5)13(17)4;/h6-7H,8-9H2,1-5H3;1H. The highest BCUT2D eigenvalue weighted by Crippen LogP contribution is 2.31. The molecule has 2 rings (SSSR count). The summed E-state index contributed by atoms with van der Waals surface area (Å²) in [5.41, 5.74) is 5.53. The van der Waals surface area contributed by atoms with Crippen LogP contribution in [0.5, 0.6) is 0 Å². The van der Waals surface area contributed by atoms with E-state index in [2.05, 4.69) is 37.8 Å². The van der Waals surface area contributed by atoms with Gasteiger partial charge in [-0.1, -0.05) is 17.7 Å². The van der Waals surface area contributed by atoms with Gasteiger partial charge in [0.2, 0.25) is 0 Å². The maximum atomic E-state index is 12.5. The van der Waals surface area contributed by atoms with Gasteiger partial charge in [-0.25, -0.2) is 0 Å². The average Bonchev–Trinajstić information content (AvgIpc) is 2.59. The minimum absolute atomic E-state index is 0. The van der Waals surface area contributed by atoms with Gasteiger partial charge in [0.15, 0.2) is 5.78 Å². The quantitative estimate of drug-likeness (QED) is 0.768. The van der Waals surface area contributed by atoms with E-state index in [-0.39, 0.29) is 18.2 Å². The van der Waals surface area contributed by atoms with E-state index in [1.165, 1.54) is 16.2 Å². The predicted octanol–water partition coefficient (Wildman–Crippen LogP) is 4.47. The lowest BCUT2D eigenvalue weighted by Crippen LogP contribution is -2.26. The molecular formula is C16H22ClNOS. The second-order valence-corrected chi connectivity index (χ2v) is 6.47. The normalized spacial score (nSPS) is 14.6. The Labute approximate surface area is 132 Å². The number of carbonyl (C=O) groups is 1. The van der Waals surface area contributed by atoms with Crippen molar-refractivity contribution in [1.82, 2.24) is 4.90 Å². The lowest BCUT2D eigenvalue weighted by Gasteiger charge is -2.19. The second-order valence-electron chi connectivity index (χ2n) is 5.31. The van der Waals surface area contributed by atoms with Crippen molar-refractivity contribution in [3.05, 3.63) is 45.0 Å². The first-order valence-electron chi connectivity index (χ1n) is 6.56. The third-order valence-electron chi connectivity index (χ3n) is 3.71. The van der Waals surface area contributed by atoms with E-state index < -0.39 is 0 Å². The van der Waals surface area contributed by atoms with Gasteiger partial charge >= 0.3 is 0 Å². The number of carbonyl (C=O) groups excluding carboxylic acids is 1. The molecule has 0 radical (unpaired) electrons. The molecule has 1 aromatic rings. The van der Waals surface area contributed by atoms with Crippen LogP contribution in [0.25, 0.3) is 0 Å². The summed E-state index contributed by atoms with van der Waals surface area (Å²) in [7, 11) is 0. The van der Waals surface area contributed by atoms with Crippen molar-refractivity contribution in [3.8, 4) is 0 Å². The Kier molecular flexibility index (Phi) is 5.72. The Morgan fingerprint density at radius 3 is 2.15 bits per heavy atom. The number of ketones is 1. The van der Waals surface area contributed by atoms with Crippen LogP contribution in [0, 0.1) is 20.8 Å². The smallest absolute Gasteiger partial charge is 0.182 e. The number of hydrogen-bond donors (Lipinski definition) is 0. The molecular weight excluding hydrogens is 290 g/mol.